The number of carbonyl (C=O) groups excluding carboxylic acids is 1. The number of rotatable bonds is 4. The maximum absolute atomic E-state index is 13.0. The van der Waals surface area contributed by atoms with E-state index in [1.54, 1.807) is 0 Å². The third-order valence-corrected chi connectivity index (χ3v) is 6.08. The second kappa shape index (κ2) is 6.39. The van der Waals surface area contributed by atoms with E-state index in [0.29, 0.717) is 24.1 Å². The maximum atomic E-state index is 13.0. The lowest BCUT2D eigenvalue weighted by molar-refractivity contribution is -0.119. The van der Waals surface area contributed by atoms with Crippen LogP contribution in [0, 0.1) is 5.82 Å². The van der Waals surface area contributed by atoms with Gasteiger partial charge in [0.25, 0.3) is 0 Å². The molecule has 0 aliphatic carbocycles. The normalized spacial score (nSPS) is 16.3. The Hall–Kier alpha value is -2.41. The number of aryl methyl sites for hydroxylation is 2. The third-order valence-electron chi connectivity index (χ3n) is 4.82. The largest absolute Gasteiger partial charge is 0.312 e. The van der Waals surface area contributed by atoms with Crippen molar-refractivity contribution in [2.75, 3.05) is 16.2 Å². The standard InChI is InChI=1S/C19H19FN2O3S/c20-16-6-3-13(4-7-16)12-26(24,25)21-17-10-14-2-1-9-22-18(23)8-5-15(11-17)19(14)22/h3-4,6-7,10-11,21H,1-2,5,8-9,12H2. The first-order valence-electron chi connectivity index (χ1n) is 8.62. The van der Waals surface area contributed by atoms with Gasteiger partial charge in [-0.15, -0.1) is 0 Å². The molecule has 5 nitrogen and oxygen atoms in total. The van der Waals surface area contributed by atoms with Crippen LogP contribution in [-0.2, 0) is 33.4 Å². The Balaban J connectivity index is 1.61. The number of halogens is 1. The molecule has 0 saturated carbocycles. The van der Waals surface area contributed by atoms with E-state index in [2.05, 4.69) is 4.72 Å². The second-order valence-corrected chi connectivity index (χ2v) is 8.50. The highest BCUT2D eigenvalue weighted by molar-refractivity contribution is 7.91. The van der Waals surface area contributed by atoms with Gasteiger partial charge in [-0.2, -0.15) is 0 Å². The molecular formula is C19H19FN2O3S. The molecule has 2 heterocycles. The van der Waals surface area contributed by atoms with Crippen LogP contribution in [0.15, 0.2) is 36.4 Å². The SMILES string of the molecule is O=C1CCc2cc(NS(=O)(=O)Cc3ccc(F)cc3)cc3c2N1CCC3. The molecule has 0 bridgehead atoms. The van der Waals surface area contributed by atoms with Gasteiger partial charge in [-0.05, 0) is 60.2 Å². The highest BCUT2D eigenvalue weighted by Crippen LogP contribution is 2.38. The number of benzene rings is 2. The Morgan fingerprint density at radius 2 is 1.73 bits per heavy atom. The van der Waals surface area contributed by atoms with Crippen molar-refractivity contribution in [1.82, 2.24) is 0 Å². The Kier molecular flexibility index (Phi) is 4.19. The van der Waals surface area contributed by atoms with Gasteiger partial charge in [0, 0.05) is 18.7 Å². The van der Waals surface area contributed by atoms with Crippen molar-refractivity contribution in [3.8, 4) is 0 Å². The minimum atomic E-state index is -3.61. The van der Waals surface area contributed by atoms with Crippen LogP contribution in [0.2, 0.25) is 0 Å². The monoisotopic (exact) mass is 374 g/mol. The lowest BCUT2D eigenvalue weighted by atomic mass is 9.91. The number of sulfonamides is 1. The molecule has 4 rings (SSSR count). The zero-order chi connectivity index (χ0) is 18.3. The molecule has 1 N–H and O–H groups in total. The highest BCUT2D eigenvalue weighted by atomic mass is 32.2. The lowest BCUT2D eigenvalue weighted by Crippen LogP contribution is -2.39. The molecule has 0 fully saturated rings. The van der Waals surface area contributed by atoms with E-state index in [0.717, 1.165) is 36.2 Å². The van der Waals surface area contributed by atoms with Crippen molar-refractivity contribution >= 4 is 27.3 Å². The van der Waals surface area contributed by atoms with E-state index in [9.17, 15) is 17.6 Å². The molecule has 26 heavy (non-hydrogen) atoms. The second-order valence-electron chi connectivity index (χ2n) is 6.78. The quantitative estimate of drug-likeness (QED) is 0.895. The molecule has 136 valence electrons. The molecule has 0 atom stereocenters. The average molecular weight is 374 g/mol. The molecule has 0 radical (unpaired) electrons. The van der Waals surface area contributed by atoms with E-state index >= 15 is 0 Å². The Morgan fingerprint density at radius 3 is 2.46 bits per heavy atom. The molecule has 0 aromatic heterocycles. The number of nitrogens with one attached hydrogen (secondary N) is 1. The first-order chi connectivity index (χ1) is 12.4. The number of carbonyl (C=O) groups is 1. The number of anilines is 2. The topological polar surface area (TPSA) is 66.5 Å². The first-order valence-corrected chi connectivity index (χ1v) is 10.3. The summed E-state index contributed by atoms with van der Waals surface area (Å²) in [7, 11) is -3.61. The molecule has 2 aromatic carbocycles. The van der Waals surface area contributed by atoms with Gasteiger partial charge in [0.05, 0.1) is 11.4 Å². The minimum Gasteiger partial charge on any atom is -0.312 e. The molecule has 2 aliphatic rings. The van der Waals surface area contributed by atoms with Crippen molar-refractivity contribution in [3.05, 3.63) is 58.9 Å². The Labute approximate surface area is 151 Å². The summed E-state index contributed by atoms with van der Waals surface area (Å²) in [6.45, 7) is 0.731. The molecule has 0 saturated heterocycles. The van der Waals surface area contributed by atoms with Crippen LogP contribution in [0.3, 0.4) is 0 Å². The van der Waals surface area contributed by atoms with Crippen LogP contribution in [-0.4, -0.2) is 20.9 Å². The summed E-state index contributed by atoms with van der Waals surface area (Å²) in [5.41, 5.74) is 4.04. The zero-order valence-electron chi connectivity index (χ0n) is 14.2. The molecule has 7 heteroatoms. The van der Waals surface area contributed by atoms with Gasteiger partial charge in [-0.25, -0.2) is 12.8 Å². The fourth-order valence-electron chi connectivity index (χ4n) is 3.73. The van der Waals surface area contributed by atoms with E-state index in [4.69, 9.17) is 0 Å². The van der Waals surface area contributed by atoms with Gasteiger partial charge in [0.2, 0.25) is 15.9 Å². The lowest BCUT2D eigenvalue weighted by Gasteiger charge is -2.35. The summed E-state index contributed by atoms with van der Waals surface area (Å²) in [4.78, 5) is 13.9. The third kappa shape index (κ3) is 3.31. The summed E-state index contributed by atoms with van der Waals surface area (Å²) in [5, 5.41) is 0. The summed E-state index contributed by atoms with van der Waals surface area (Å²) in [5.74, 6) is -0.472. The van der Waals surface area contributed by atoms with E-state index in [1.165, 1.54) is 24.3 Å². The Morgan fingerprint density at radius 1 is 1.04 bits per heavy atom. The van der Waals surface area contributed by atoms with Crippen LogP contribution in [0.1, 0.15) is 29.5 Å². The molecule has 0 spiro atoms. The average Bonchev–Trinajstić information content (AvgIpc) is 2.59. The van der Waals surface area contributed by atoms with Gasteiger partial charge < -0.3 is 4.90 Å². The first kappa shape index (κ1) is 17.0. The van der Waals surface area contributed by atoms with Crippen LogP contribution in [0.4, 0.5) is 15.8 Å². The van der Waals surface area contributed by atoms with Crippen molar-refractivity contribution in [2.24, 2.45) is 0 Å². The smallest absolute Gasteiger partial charge is 0.236 e. The maximum Gasteiger partial charge on any atom is 0.236 e. The van der Waals surface area contributed by atoms with Gasteiger partial charge in [-0.1, -0.05) is 12.1 Å². The Bertz CT molecular complexity index is 954. The summed E-state index contributed by atoms with van der Waals surface area (Å²) >= 11 is 0. The van der Waals surface area contributed by atoms with Crippen molar-refractivity contribution in [1.29, 1.82) is 0 Å². The van der Waals surface area contributed by atoms with E-state index in [-0.39, 0.29) is 11.7 Å². The van der Waals surface area contributed by atoms with Crippen LogP contribution < -0.4 is 9.62 Å². The van der Waals surface area contributed by atoms with Gasteiger partial charge in [-0.3, -0.25) is 9.52 Å². The zero-order valence-corrected chi connectivity index (χ0v) is 15.0. The number of amides is 1. The summed E-state index contributed by atoms with van der Waals surface area (Å²) in [6.07, 6.45) is 2.80. The predicted octanol–water partition coefficient (Wildman–Crippen LogP) is 2.99. The highest BCUT2D eigenvalue weighted by Gasteiger charge is 2.30. The molecule has 1 amide bonds. The van der Waals surface area contributed by atoms with Crippen LogP contribution in [0.5, 0.6) is 0 Å². The number of hydrogen-bond donors (Lipinski definition) is 1. The van der Waals surface area contributed by atoms with E-state index in [1.807, 2.05) is 17.0 Å². The molecular weight excluding hydrogens is 355 g/mol. The van der Waals surface area contributed by atoms with Gasteiger partial charge in [0.1, 0.15) is 5.82 Å². The summed E-state index contributed by atoms with van der Waals surface area (Å²) < 4.78 is 40.6. The molecule has 2 aliphatic heterocycles. The van der Waals surface area contributed by atoms with Crippen molar-refractivity contribution in [3.63, 3.8) is 0 Å². The van der Waals surface area contributed by atoms with Crippen LogP contribution >= 0.6 is 0 Å². The van der Waals surface area contributed by atoms with Crippen molar-refractivity contribution in [2.45, 2.75) is 31.4 Å². The van der Waals surface area contributed by atoms with Gasteiger partial charge >= 0.3 is 0 Å². The number of hydrogen-bond acceptors (Lipinski definition) is 3. The fourth-order valence-corrected chi connectivity index (χ4v) is 4.91. The van der Waals surface area contributed by atoms with Gasteiger partial charge in [0.15, 0.2) is 0 Å². The fraction of sp³-hybridized carbons (Fsp3) is 0.316. The molecule has 0 unspecified atom stereocenters. The predicted molar refractivity (Wildman–Crippen MR) is 98.1 cm³/mol. The molecule has 2 aromatic rings. The van der Waals surface area contributed by atoms with Crippen LogP contribution in [0.25, 0.3) is 0 Å². The van der Waals surface area contributed by atoms with Crippen molar-refractivity contribution < 1.29 is 17.6 Å². The summed E-state index contributed by atoms with van der Waals surface area (Å²) in [6, 6.07) is 9.08. The number of nitrogens with zero attached hydrogens (tertiary/aromatic N) is 1. The minimum absolute atomic E-state index is 0.142. The van der Waals surface area contributed by atoms with E-state index < -0.39 is 15.8 Å².